The number of amidine groups is 1. The van der Waals surface area contributed by atoms with Crippen LogP contribution in [0, 0.1) is 0 Å². The van der Waals surface area contributed by atoms with Gasteiger partial charge >= 0.3 is 5.97 Å². The smallest absolute Gasteiger partial charge is 0.304 e. The molecule has 0 saturated heterocycles. The summed E-state index contributed by atoms with van der Waals surface area (Å²) in [5, 5.41) is 12.5. The van der Waals surface area contributed by atoms with Crippen LogP contribution in [0.2, 0.25) is 0 Å². The van der Waals surface area contributed by atoms with Crippen molar-refractivity contribution in [2.75, 3.05) is 37.4 Å². The van der Waals surface area contributed by atoms with Crippen LogP contribution < -0.4 is 5.32 Å². The predicted octanol–water partition coefficient (Wildman–Crippen LogP) is 3.67. The Morgan fingerprint density at radius 1 is 1.34 bits per heavy atom. The van der Waals surface area contributed by atoms with Crippen molar-refractivity contribution in [3.05, 3.63) is 34.9 Å². The van der Waals surface area contributed by atoms with E-state index < -0.39 is 5.97 Å². The molecule has 0 aliphatic carbocycles. The molecule has 1 aromatic carbocycles. The van der Waals surface area contributed by atoms with Gasteiger partial charge in [-0.2, -0.15) is 0 Å². The molecular formula is C19H24ClN3O4S2. The summed E-state index contributed by atoms with van der Waals surface area (Å²) in [4.78, 5) is 31.7. The van der Waals surface area contributed by atoms with Gasteiger partial charge in [-0.3, -0.25) is 14.6 Å². The Morgan fingerprint density at radius 2 is 2.10 bits per heavy atom. The van der Waals surface area contributed by atoms with Gasteiger partial charge in [0, 0.05) is 36.0 Å². The zero-order valence-electron chi connectivity index (χ0n) is 16.1. The molecule has 1 amide bonds. The van der Waals surface area contributed by atoms with Crippen molar-refractivity contribution < 1.29 is 19.4 Å². The molecule has 29 heavy (non-hydrogen) atoms. The number of nitrogens with zero attached hydrogens (tertiary/aromatic N) is 2. The van der Waals surface area contributed by atoms with E-state index in [9.17, 15) is 9.59 Å². The monoisotopic (exact) mass is 457 g/mol. The summed E-state index contributed by atoms with van der Waals surface area (Å²) in [6.45, 7) is 4.56. The van der Waals surface area contributed by atoms with Crippen molar-refractivity contribution in [2.45, 2.75) is 24.7 Å². The number of anilines is 1. The molecule has 0 bridgehead atoms. The molecule has 0 unspecified atom stereocenters. The van der Waals surface area contributed by atoms with E-state index in [1.165, 1.54) is 23.5 Å². The van der Waals surface area contributed by atoms with Gasteiger partial charge in [-0.25, -0.2) is 0 Å². The van der Waals surface area contributed by atoms with Crippen LogP contribution in [-0.4, -0.2) is 59.1 Å². The van der Waals surface area contributed by atoms with Crippen LogP contribution in [0.5, 0.6) is 0 Å². The minimum Gasteiger partial charge on any atom is -0.481 e. The molecule has 0 aromatic heterocycles. The number of carbonyl (C=O) groups is 2. The van der Waals surface area contributed by atoms with Crippen molar-refractivity contribution in [2.24, 2.45) is 4.99 Å². The van der Waals surface area contributed by atoms with Gasteiger partial charge in [0.05, 0.1) is 18.7 Å². The third-order valence-corrected chi connectivity index (χ3v) is 6.32. The highest BCUT2D eigenvalue weighted by Crippen LogP contribution is 2.37. The van der Waals surface area contributed by atoms with Gasteiger partial charge < -0.3 is 20.1 Å². The Balaban J connectivity index is 0.00000300. The number of carboxylic acids is 1. The van der Waals surface area contributed by atoms with E-state index in [1.54, 1.807) is 0 Å². The topological polar surface area (TPSA) is 91.2 Å². The van der Waals surface area contributed by atoms with E-state index in [0.717, 1.165) is 35.3 Å². The lowest BCUT2D eigenvalue weighted by Gasteiger charge is -2.25. The van der Waals surface area contributed by atoms with Crippen molar-refractivity contribution in [3.8, 4) is 0 Å². The lowest BCUT2D eigenvalue weighted by molar-refractivity contribution is -0.136. The molecule has 0 saturated carbocycles. The number of rotatable bonds is 9. The number of hydrogen-bond acceptors (Lipinski definition) is 7. The van der Waals surface area contributed by atoms with Crippen LogP contribution in [0.25, 0.3) is 0 Å². The first kappa shape index (κ1) is 23.6. The molecular weight excluding hydrogens is 434 g/mol. The number of carboxylic acid groups (broad SMARTS) is 1. The molecule has 2 aliphatic heterocycles. The van der Waals surface area contributed by atoms with Crippen LogP contribution >= 0.6 is 35.9 Å². The largest absolute Gasteiger partial charge is 0.481 e. The summed E-state index contributed by atoms with van der Waals surface area (Å²) in [6.07, 6.45) is 1.09. The molecule has 1 aromatic rings. The van der Waals surface area contributed by atoms with Gasteiger partial charge in [0.1, 0.15) is 4.91 Å². The van der Waals surface area contributed by atoms with E-state index in [-0.39, 0.29) is 24.7 Å². The standard InChI is InChI=1S/C19H23N3O4S2.ClH/c1-2-26-12-15-17(28-19-20-9-3-10-22(15)19)18(25)21-13-4-6-14(7-5-13)27-11-8-16(23)24;/h4-7H,2-3,8-12H2,1H3,(H,21,25)(H,23,24);1H. The lowest BCUT2D eigenvalue weighted by atomic mass is 10.2. The molecule has 10 heteroatoms. The third kappa shape index (κ3) is 6.40. The zero-order valence-corrected chi connectivity index (χ0v) is 18.5. The molecule has 158 valence electrons. The minimum absolute atomic E-state index is 0. The van der Waals surface area contributed by atoms with E-state index in [4.69, 9.17) is 9.84 Å². The number of benzene rings is 1. The maximum atomic E-state index is 12.9. The first-order valence-electron chi connectivity index (χ1n) is 9.15. The maximum Gasteiger partial charge on any atom is 0.304 e. The fourth-order valence-electron chi connectivity index (χ4n) is 2.79. The summed E-state index contributed by atoms with van der Waals surface area (Å²) in [5.41, 5.74) is 1.58. The van der Waals surface area contributed by atoms with Crippen molar-refractivity contribution in [1.29, 1.82) is 0 Å². The van der Waals surface area contributed by atoms with Crippen molar-refractivity contribution in [1.82, 2.24) is 4.90 Å². The van der Waals surface area contributed by atoms with E-state index in [1.807, 2.05) is 31.2 Å². The number of aliphatic imine (C=N–C) groups is 1. The van der Waals surface area contributed by atoms with Crippen molar-refractivity contribution in [3.63, 3.8) is 0 Å². The van der Waals surface area contributed by atoms with Gasteiger partial charge in [-0.05, 0) is 49.4 Å². The van der Waals surface area contributed by atoms with E-state index in [2.05, 4.69) is 15.2 Å². The number of nitrogens with one attached hydrogen (secondary N) is 1. The first-order chi connectivity index (χ1) is 13.6. The number of amides is 1. The van der Waals surface area contributed by atoms with Crippen LogP contribution in [-0.2, 0) is 14.3 Å². The highest BCUT2D eigenvalue weighted by atomic mass is 35.5. The lowest BCUT2D eigenvalue weighted by Crippen LogP contribution is -2.31. The van der Waals surface area contributed by atoms with Crippen LogP contribution in [0.3, 0.4) is 0 Å². The predicted molar refractivity (Wildman–Crippen MR) is 120 cm³/mol. The van der Waals surface area contributed by atoms with Crippen molar-refractivity contribution >= 4 is 58.7 Å². The molecule has 7 nitrogen and oxygen atoms in total. The average Bonchev–Trinajstić information content (AvgIpc) is 3.06. The number of halogens is 1. The summed E-state index contributed by atoms with van der Waals surface area (Å²) in [7, 11) is 0. The summed E-state index contributed by atoms with van der Waals surface area (Å²) in [6, 6.07) is 7.42. The third-order valence-electron chi connectivity index (χ3n) is 4.15. The van der Waals surface area contributed by atoms with Gasteiger partial charge in [0.25, 0.3) is 5.91 Å². The van der Waals surface area contributed by atoms with Crippen LogP contribution in [0.4, 0.5) is 5.69 Å². The first-order valence-corrected chi connectivity index (χ1v) is 11.0. The second kappa shape index (κ2) is 11.5. The summed E-state index contributed by atoms with van der Waals surface area (Å²) < 4.78 is 5.57. The fourth-order valence-corrected chi connectivity index (χ4v) is 4.71. The van der Waals surface area contributed by atoms with Gasteiger partial charge in [0.2, 0.25) is 0 Å². The molecule has 2 N–H and O–H groups in total. The van der Waals surface area contributed by atoms with E-state index >= 15 is 0 Å². The number of hydrogen-bond donors (Lipinski definition) is 2. The SMILES string of the molecule is CCOCC1=C(C(=O)Nc2ccc(SCCC(=O)O)cc2)SC2=NCCCN21.Cl. The number of thioether (sulfide) groups is 2. The highest BCUT2D eigenvalue weighted by molar-refractivity contribution is 8.18. The molecule has 2 aliphatic rings. The normalized spacial score (nSPS) is 15.5. The highest BCUT2D eigenvalue weighted by Gasteiger charge is 2.34. The quantitative estimate of drug-likeness (QED) is 0.546. The maximum absolute atomic E-state index is 12.9. The van der Waals surface area contributed by atoms with E-state index in [0.29, 0.717) is 29.6 Å². The molecule has 2 heterocycles. The second-order valence-corrected chi connectivity index (χ2v) is 8.30. The van der Waals surface area contributed by atoms with Crippen LogP contribution in [0.15, 0.2) is 44.8 Å². The van der Waals surface area contributed by atoms with Gasteiger partial charge in [-0.15, -0.1) is 24.2 Å². The molecule has 3 rings (SSSR count). The summed E-state index contributed by atoms with van der Waals surface area (Å²) in [5.74, 6) is -0.450. The fraction of sp³-hybridized carbons (Fsp3) is 0.421. The molecule has 0 spiro atoms. The Labute approximate surface area is 184 Å². The molecule has 0 radical (unpaired) electrons. The molecule has 0 atom stereocenters. The Bertz CT molecular complexity index is 799. The average molecular weight is 458 g/mol. The molecule has 0 fully saturated rings. The van der Waals surface area contributed by atoms with Gasteiger partial charge in [0.15, 0.2) is 5.17 Å². The second-order valence-electron chi connectivity index (χ2n) is 6.16. The Kier molecular flexibility index (Phi) is 9.35. The van der Waals surface area contributed by atoms with Crippen LogP contribution in [0.1, 0.15) is 19.8 Å². The Hall–Kier alpha value is -1.68. The summed E-state index contributed by atoms with van der Waals surface area (Å²) >= 11 is 2.88. The Morgan fingerprint density at radius 3 is 2.79 bits per heavy atom. The minimum atomic E-state index is -0.803. The number of fused-ring (bicyclic) bond motifs is 1. The van der Waals surface area contributed by atoms with Gasteiger partial charge in [-0.1, -0.05) is 0 Å². The number of aliphatic carboxylic acids is 1. The number of ether oxygens (including phenoxy) is 1. The number of carbonyl (C=O) groups excluding carboxylic acids is 1. The zero-order chi connectivity index (χ0) is 19.9.